The van der Waals surface area contributed by atoms with Gasteiger partial charge in [-0.1, -0.05) is 24.3 Å². The maximum absolute atomic E-state index is 13.1. The molecule has 1 saturated heterocycles. The maximum atomic E-state index is 13.1. The van der Waals surface area contributed by atoms with Crippen molar-refractivity contribution in [3.8, 4) is 0 Å². The molecule has 2 unspecified atom stereocenters. The zero-order valence-electron chi connectivity index (χ0n) is 16.8. The van der Waals surface area contributed by atoms with Crippen molar-refractivity contribution in [3.05, 3.63) is 65.2 Å². The Labute approximate surface area is 174 Å². The van der Waals surface area contributed by atoms with E-state index in [1.807, 2.05) is 22.9 Å². The van der Waals surface area contributed by atoms with E-state index >= 15 is 0 Å². The molecule has 2 N–H and O–H groups in total. The number of benzene rings is 1. The molecule has 1 aliphatic carbocycles. The molecule has 2 aliphatic heterocycles. The third-order valence-electron chi connectivity index (χ3n) is 7.00. The van der Waals surface area contributed by atoms with Gasteiger partial charge in [0.15, 0.2) is 0 Å². The van der Waals surface area contributed by atoms with E-state index in [1.165, 1.54) is 29.5 Å². The van der Waals surface area contributed by atoms with Gasteiger partial charge >= 0.3 is 0 Å². The van der Waals surface area contributed by atoms with E-state index in [9.17, 15) is 9.90 Å². The number of imidazole rings is 1. The molecule has 30 heavy (non-hydrogen) atoms. The van der Waals surface area contributed by atoms with Gasteiger partial charge in [-0.05, 0) is 48.3 Å². The van der Waals surface area contributed by atoms with Crippen molar-refractivity contribution < 1.29 is 9.90 Å². The average Bonchev–Trinajstić information content (AvgIpc) is 3.53. The van der Waals surface area contributed by atoms with Crippen molar-refractivity contribution in [1.82, 2.24) is 24.6 Å². The number of carbonyl (C=O) groups is 1. The smallest absolute Gasteiger partial charge is 0.274 e. The minimum atomic E-state index is -0.625. The minimum Gasteiger partial charge on any atom is -0.389 e. The molecular formula is C23H25N5O2. The lowest BCUT2D eigenvalue weighted by atomic mass is 9.76. The largest absolute Gasteiger partial charge is 0.389 e. The van der Waals surface area contributed by atoms with Crippen LogP contribution >= 0.6 is 0 Å². The lowest BCUT2D eigenvalue weighted by Gasteiger charge is -2.48. The van der Waals surface area contributed by atoms with Gasteiger partial charge in [0.1, 0.15) is 5.69 Å². The van der Waals surface area contributed by atoms with E-state index in [-0.39, 0.29) is 11.4 Å². The summed E-state index contributed by atoms with van der Waals surface area (Å²) >= 11 is 0. The Kier molecular flexibility index (Phi) is 3.98. The van der Waals surface area contributed by atoms with E-state index in [0.29, 0.717) is 36.9 Å². The third kappa shape index (κ3) is 2.92. The Morgan fingerprint density at radius 2 is 2.03 bits per heavy atom. The van der Waals surface area contributed by atoms with Crippen LogP contribution in [0.2, 0.25) is 0 Å². The molecule has 2 fully saturated rings. The number of aromatic nitrogens is 3. The third-order valence-corrected chi connectivity index (χ3v) is 7.00. The summed E-state index contributed by atoms with van der Waals surface area (Å²) in [6.45, 7) is 1.66. The summed E-state index contributed by atoms with van der Waals surface area (Å²) in [7, 11) is 0. The van der Waals surface area contributed by atoms with Crippen molar-refractivity contribution in [1.29, 1.82) is 0 Å². The number of piperidine rings is 1. The Morgan fingerprint density at radius 1 is 1.20 bits per heavy atom. The molecule has 7 nitrogen and oxygen atoms in total. The molecule has 154 valence electrons. The number of amides is 1. The van der Waals surface area contributed by atoms with Gasteiger partial charge in [-0.2, -0.15) is 0 Å². The normalized spacial score (nSPS) is 26.2. The first-order valence-electron chi connectivity index (χ1n) is 10.8. The molecule has 1 aromatic carbocycles. The molecule has 1 spiro atoms. The summed E-state index contributed by atoms with van der Waals surface area (Å²) in [4.78, 5) is 23.7. The summed E-state index contributed by atoms with van der Waals surface area (Å²) in [5, 5.41) is 14.6. The second kappa shape index (κ2) is 6.62. The van der Waals surface area contributed by atoms with Crippen LogP contribution in [0.5, 0.6) is 0 Å². The highest BCUT2D eigenvalue weighted by atomic mass is 16.3. The van der Waals surface area contributed by atoms with E-state index < -0.39 is 6.10 Å². The van der Waals surface area contributed by atoms with Crippen LogP contribution in [0.1, 0.15) is 52.4 Å². The van der Waals surface area contributed by atoms with Crippen LogP contribution in [0.15, 0.2) is 42.9 Å². The van der Waals surface area contributed by atoms with Gasteiger partial charge in [0.25, 0.3) is 5.91 Å². The first-order valence-corrected chi connectivity index (χ1v) is 10.8. The summed E-state index contributed by atoms with van der Waals surface area (Å²) in [5.41, 5.74) is 3.80. The second-order valence-electron chi connectivity index (χ2n) is 8.97. The Hall–Kier alpha value is -2.77. The summed E-state index contributed by atoms with van der Waals surface area (Å²) in [6.07, 6.45) is 8.96. The van der Waals surface area contributed by atoms with Gasteiger partial charge in [0.05, 0.1) is 11.6 Å². The van der Waals surface area contributed by atoms with E-state index in [2.05, 4.69) is 33.5 Å². The van der Waals surface area contributed by atoms with Gasteiger partial charge < -0.3 is 15.3 Å². The number of fused-ring (bicyclic) bond motifs is 2. The Morgan fingerprint density at radius 3 is 2.83 bits per heavy atom. The van der Waals surface area contributed by atoms with Gasteiger partial charge in [0, 0.05) is 38.2 Å². The highest BCUT2D eigenvalue weighted by Crippen LogP contribution is 2.39. The average molecular weight is 403 g/mol. The molecule has 1 saturated carbocycles. The zero-order valence-corrected chi connectivity index (χ0v) is 16.8. The standard InChI is InChI=1S/C23H25N5O2/c29-20-14-27(8-7-23(20)9-16-3-1-2-4-17(16)11-25-23)21(30)19-13-28-12-18(15-5-6-15)10-24-22(28)26-19/h1-4,10,12-13,15,20,25,29H,5-9,11,14H2. The molecule has 3 aromatic rings. The molecule has 6 rings (SSSR count). The van der Waals surface area contributed by atoms with E-state index in [1.54, 1.807) is 11.1 Å². The first kappa shape index (κ1) is 18.0. The number of β-amino-alcohol motifs (C(OH)–C–C–N with tert-alkyl or cyclic N) is 1. The molecule has 2 aromatic heterocycles. The number of carbonyl (C=O) groups excluding carboxylic acids is 1. The fourth-order valence-corrected chi connectivity index (χ4v) is 4.94. The SMILES string of the molecule is O=C(c1cn2cc(C3CC3)cnc2n1)N1CCC2(Cc3ccccc3CN2)C(O)C1. The van der Waals surface area contributed by atoms with Crippen LogP contribution in [-0.4, -0.2) is 55.0 Å². The maximum Gasteiger partial charge on any atom is 0.274 e. The Bertz CT molecular complexity index is 1140. The van der Waals surface area contributed by atoms with Crippen LogP contribution in [0, 0.1) is 0 Å². The number of aliphatic hydroxyl groups is 1. The quantitative estimate of drug-likeness (QED) is 0.683. The highest BCUT2D eigenvalue weighted by molar-refractivity contribution is 5.93. The van der Waals surface area contributed by atoms with E-state index in [0.717, 1.165) is 13.0 Å². The molecule has 1 amide bonds. The fourth-order valence-electron chi connectivity index (χ4n) is 4.94. The lowest BCUT2D eigenvalue weighted by molar-refractivity contribution is -0.0140. The summed E-state index contributed by atoms with van der Waals surface area (Å²) < 4.78 is 1.85. The molecule has 3 aliphatic rings. The van der Waals surface area contributed by atoms with Crippen molar-refractivity contribution in [2.75, 3.05) is 13.1 Å². The van der Waals surface area contributed by atoms with Gasteiger partial charge in [-0.25, -0.2) is 9.97 Å². The van der Waals surface area contributed by atoms with Crippen LogP contribution in [0.3, 0.4) is 0 Å². The monoisotopic (exact) mass is 403 g/mol. The predicted octanol–water partition coefficient (Wildman–Crippen LogP) is 1.90. The first-order chi connectivity index (χ1) is 14.6. The minimum absolute atomic E-state index is 0.140. The van der Waals surface area contributed by atoms with Crippen LogP contribution < -0.4 is 5.32 Å². The number of hydrogen-bond donors (Lipinski definition) is 2. The van der Waals surface area contributed by atoms with Crippen molar-refractivity contribution in [2.45, 2.75) is 49.8 Å². The van der Waals surface area contributed by atoms with Gasteiger partial charge in [-0.15, -0.1) is 0 Å². The number of likely N-dealkylation sites (tertiary alicyclic amines) is 1. The zero-order chi connectivity index (χ0) is 20.3. The lowest BCUT2D eigenvalue weighted by Crippen LogP contribution is -2.65. The molecule has 4 heterocycles. The van der Waals surface area contributed by atoms with Crippen LogP contribution in [-0.2, 0) is 13.0 Å². The molecule has 0 radical (unpaired) electrons. The van der Waals surface area contributed by atoms with Crippen LogP contribution in [0.4, 0.5) is 0 Å². The second-order valence-corrected chi connectivity index (χ2v) is 8.97. The molecule has 0 bridgehead atoms. The highest BCUT2D eigenvalue weighted by Gasteiger charge is 2.45. The van der Waals surface area contributed by atoms with Crippen molar-refractivity contribution in [2.24, 2.45) is 0 Å². The van der Waals surface area contributed by atoms with E-state index in [4.69, 9.17) is 0 Å². The summed E-state index contributed by atoms with van der Waals surface area (Å²) in [5.74, 6) is 1.01. The van der Waals surface area contributed by atoms with Gasteiger partial charge in [0.2, 0.25) is 5.78 Å². The topological polar surface area (TPSA) is 82.8 Å². The molecule has 7 heteroatoms. The van der Waals surface area contributed by atoms with Gasteiger partial charge in [-0.3, -0.25) is 9.20 Å². The van der Waals surface area contributed by atoms with Crippen molar-refractivity contribution >= 4 is 11.7 Å². The number of nitrogens with one attached hydrogen (secondary N) is 1. The van der Waals surface area contributed by atoms with Crippen LogP contribution in [0.25, 0.3) is 5.78 Å². The number of rotatable bonds is 2. The predicted molar refractivity (Wildman–Crippen MR) is 111 cm³/mol. The summed E-state index contributed by atoms with van der Waals surface area (Å²) in [6, 6.07) is 8.37. The molecule has 2 atom stereocenters. The molecular weight excluding hydrogens is 378 g/mol. The number of aliphatic hydroxyl groups excluding tert-OH is 1. The number of hydrogen-bond acceptors (Lipinski definition) is 5. The number of nitrogens with zero attached hydrogens (tertiary/aromatic N) is 4. The fraction of sp³-hybridized carbons (Fsp3) is 0.435. The Balaban J connectivity index is 1.20. The van der Waals surface area contributed by atoms with Crippen molar-refractivity contribution in [3.63, 3.8) is 0 Å².